The van der Waals surface area contributed by atoms with Crippen molar-refractivity contribution in [3.63, 3.8) is 0 Å². The number of hydrogen-bond donors (Lipinski definition) is 2. The third-order valence-corrected chi connectivity index (χ3v) is 6.17. The maximum absolute atomic E-state index is 13.8. The first-order valence-corrected chi connectivity index (χ1v) is 9.81. The number of nitrogens with zero attached hydrogens (tertiary/aromatic N) is 1. The van der Waals surface area contributed by atoms with Crippen molar-refractivity contribution in [2.24, 2.45) is 0 Å². The van der Waals surface area contributed by atoms with E-state index in [4.69, 9.17) is 0 Å². The highest BCUT2D eigenvalue weighted by atomic mass is 32.2. The quantitative estimate of drug-likeness (QED) is 0.852. The molecule has 3 rings (SSSR count). The van der Waals surface area contributed by atoms with Crippen molar-refractivity contribution in [1.29, 1.82) is 0 Å². The number of pyridine rings is 1. The SMILES string of the molecule is C[C@]1(O)CC[C@H](NS(=O)(=O)c2ccc(-c3ncc(F)cc3F)cc2)CC1. The standard InChI is InChI=1S/C18H20F2N2O3S/c1-18(23)8-6-14(7-9-18)22-26(24,25)15-4-2-12(3-5-15)17-16(20)10-13(19)11-21-17/h2-5,10-11,14,22-23H,6-9H2,1H3/t14-,18-. The zero-order valence-electron chi connectivity index (χ0n) is 14.2. The molecule has 1 aromatic heterocycles. The van der Waals surface area contributed by atoms with Gasteiger partial charge in [-0.2, -0.15) is 0 Å². The molecule has 0 saturated heterocycles. The third-order valence-electron chi connectivity index (χ3n) is 4.63. The fourth-order valence-electron chi connectivity index (χ4n) is 3.06. The van der Waals surface area contributed by atoms with E-state index >= 15 is 0 Å². The molecule has 1 heterocycles. The summed E-state index contributed by atoms with van der Waals surface area (Å²) in [5.41, 5.74) is -0.427. The van der Waals surface area contributed by atoms with Crippen LogP contribution in [0.5, 0.6) is 0 Å². The molecule has 0 unspecified atom stereocenters. The summed E-state index contributed by atoms with van der Waals surface area (Å²) < 4.78 is 54.4. The lowest BCUT2D eigenvalue weighted by atomic mass is 9.84. The van der Waals surface area contributed by atoms with Gasteiger partial charge in [0.1, 0.15) is 11.5 Å². The lowest BCUT2D eigenvalue weighted by Crippen LogP contribution is -2.42. The topological polar surface area (TPSA) is 79.3 Å². The Labute approximate surface area is 151 Å². The molecule has 0 amide bonds. The Morgan fingerprint density at radius 2 is 1.81 bits per heavy atom. The number of aliphatic hydroxyl groups is 1. The van der Waals surface area contributed by atoms with Gasteiger partial charge in [0.05, 0.1) is 16.7 Å². The molecule has 5 nitrogen and oxygen atoms in total. The molecular formula is C18H20F2N2O3S. The van der Waals surface area contributed by atoms with Gasteiger partial charge in [0.25, 0.3) is 0 Å². The maximum Gasteiger partial charge on any atom is 0.240 e. The van der Waals surface area contributed by atoms with Crippen LogP contribution in [-0.2, 0) is 10.0 Å². The zero-order valence-corrected chi connectivity index (χ0v) is 15.1. The van der Waals surface area contributed by atoms with E-state index in [9.17, 15) is 22.3 Å². The fourth-order valence-corrected chi connectivity index (χ4v) is 4.37. The summed E-state index contributed by atoms with van der Waals surface area (Å²) >= 11 is 0. The molecule has 1 aliphatic rings. The van der Waals surface area contributed by atoms with Crippen LogP contribution in [0.2, 0.25) is 0 Å². The molecule has 0 aliphatic heterocycles. The minimum Gasteiger partial charge on any atom is -0.390 e. The lowest BCUT2D eigenvalue weighted by molar-refractivity contribution is 0.0163. The minimum absolute atomic E-state index is 0.0437. The van der Waals surface area contributed by atoms with Crippen LogP contribution in [0.4, 0.5) is 8.78 Å². The molecule has 140 valence electrons. The van der Waals surface area contributed by atoms with Gasteiger partial charge in [-0.15, -0.1) is 0 Å². The summed E-state index contributed by atoms with van der Waals surface area (Å²) in [6.45, 7) is 1.75. The first kappa shape index (κ1) is 18.9. The zero-order chi connectivity index (χ0) is 18.9. The van der Waals surface area contributed by atoms with Crippen molar-refractivity contribution in [3.8, 4) is 11.3 Å². The van der Waals surface area contributed by atoms with Crippen LogP contribution in [0.15, 0.2) is 41.4 Å². The van der Waals surface area contributed by atoms with Crippen LogP contribution in [0.25, 0.3) is 11.3 Å². The monoisotopic (exact) mass is 382 g/mol. The number of hydrogen-bond acceptors (Lipinski definition) is 4. The van der Waals surface area contributed by atoms with Gasteiger partial charge in [-0.05, 0) is 44.7 Å². The number of halogens is 2. The van der Waals surface area contributed by atoms with Crippen LogP contribution < -0.4 is 4.72 Å². The van der Waals surface area contributed by atoms with Gasteiger partial charge in [-0.25, -0.2) is 21.9 Å². The van der Waals surface area contributed by atoms with Crippen molar-refractivity contribution >= 4 is 10.0 Å². The molecule has 1 fully saturated rings. The van der Waals surface area contributed by atoms with Gasteiger partial charge < -0.3 is 5.11 Å². The molecule has 26 heavy (non-hydrogen) atoms. The Morgan fingerprint density at radius 1 is 1.19 bits per heavy atom. The molecule has 2 N–H and O–H groups in total. The second-order valence-electron chi connectivity index (χ2n) is 6.90. The van der Waals surface area contributed by atoms with Crippen molar-refractivity contribution in [3.05, 3.63) is 48.2 Å². The molecular weight excluding hydrogens is 362 g/mol. The summed E-state index contributed by atoms with van der Waals surface area (Å²) in [6, 6.07) is 6.10. The minimum atomic E-state index is -3.72. The van der Waals surface area contributed by atoms with Gasteiger partial charge >= 0.3 is 0 Å². The average molecular weight is 382 g/mol. The van der Waals surface area contributed by atoms with Crippen molar-refractivity contribution in [2.45, 2.75) is 49.1 Å². The molecule has 0 radical (unpaired) electrons. The van der Waals surface area contributed by atoms with E-state index < -0.39 is 27.3 Å². The summed E-state index contributed by atoms with van der Waals surface area (Å²) in [6.07, 6.45) is 3.11. The Morgan fingerprint density at radius 3 is 2.38 bits per heavy atom. The molecule has 1 aromatic carbocycles. The Hall–Kier alpha value is -1.90. The van der Waals surface area contributed by atoms with Gasteiger partial charge in [0, 0.05) is 17.7 Å². The van der Waals surface area contributed by atoms with E-state index in [1.54, 1.807) is 6.92 Å². The number of sulfonamides is 1. The van der Waals surface area contributed by atoms with Crippen LogP contribution in [0, 0.1) is 11.6 Å². The van der Waals surface area contributed by atoms with E-state index in [1.165, 1.54) is 24.3 Å². The van der Waals surface area contributed by atoms with Crippen LogP contribution in [-0.4, -0.2) is 30.2 Å². The molecule has 8 heteroatoms. The van der Waals surface area contributed by atoms with E-state index in [1.807, 2.05) is 0 Å². The maximum atomic E-state index is 13.8. The highest BCUT2D eigenvalue weighted by Crippen LogP contribution is 2.29. The molecule has 1 aliphatic carbocycles. The Kier molecular flexibility index (Phi) is 5.09. The van der Waals surface area contributed by atoms with Gasteiger partial charge in [-0.1, -0.05) is 12.1 Å². The number of benzene rings is 1. The number of aromatic nitrogens is 1. The summed E-state index contributed by atoms with van der Waals surface area (Å²) in [7, 11) is -3.72. The summed E-state index contributed by atoms with van der Waals surface area (Å²) in [5.74, 6) is -1.59. The normalized spacial score (nSPS) is 23.8. The van der Waals surface area contributed by atoms with Crippen molar-refractivity contribution in [2.75, 3.05) is 0 Å². The van der Waals surface area contributed by atoms with Gasteiger partial charge in [0.2, 0.25) is 10.0 Å². The van der Waals surface area contributed by atoms with E-state index in [2.05, 4.69) is 9.71 Å². The van der Waals surface area contributed by atoms with Gasteiger partial charge in [-0.3, -0.25) is 4.98 Å². The van der Waals surface area contributed by atoms with E-state index in [0.717, 1.165) is 12.3 Å². The number of rotatable bonds is 4. The predicted octanol–water partition coefficient (Wildman–Crippen LogP) is 3.00. The van der Waals surface area contributed by atoms with Crippen molar-refractivity contribution < 1.29 is 22.3 Å². The molecule has 2 aromatic rings. The second-order valence-corrected chi connectivity index (χ2v) is 8.61. The van der Waals surface area contributed by atoms with Crippen molar-refractivity contribution in [1.82, 2.24) is 9.71 Å². The first-order chi connectivity index (χ1) is 12.2. The van der Waals surface area contributed by atoms with E-state index in [-0.39, 0.29) is 16.6 Å². The second kappa shape index (κ2) is 7.02. The molecule has 0 atom stereocenters. The lowest BCUT2D eigenvalue weighted by Gasteiger charge is -2.33. The highest BCUT2D eigenvalue weighted by Gasteiger charge is 2.31. The van der Waals surface area contributed by atoms with Crippen LogP contribution >= 0.6 is 0 Å². The molecule has 0 spiro atoms. The van der Waals surface area contributed by atoms with Crippen LogP contribution in [0.1, 0.15) is 32.6 Å². The first-order valence-electron chi connectivity index (χ1n) is 8.32. The molecule has 1 saturated carbocycles. The van der Waals surface area contributed by atoms with Gasteiger partial charge in [0.15, 0.2) is 5.82 Å². The predicted molar refractivity (Wildman–Crippen MR) is 92.8 cm³/mol. The third kappa shape index (κ3) is 4.25. The molecule has 0 bridgehead atoms. The Bertz CT molecular complexity index is 889. The number of nitrogens with one attached hydrogen (secondary N) is 1. The largest absolute Gasteiger partial charge is 0.390 e. The van der Waals surface area contributed by atoms with E-state index in [0.29, 0.717) is 31.2 Å². The summed E-state index contributed by atoms with van der Waals surface area (Å²) in [4.78, 5) is 3.76. The van der Waals surface area contributed by atoms with Crippen LogP contribution in [0.3, 0.4) is 0 Å². The average Bonchev–Trinajstić information content (AvgIpc) is 2.57. The Balaban J connectivity index is 1.75. The summed E-state index contributed by atoms with van der Waals surface area (Å²) in [5, 5.41) is 9.95. The highest BCUT2D eigenvalue weighted by molar-refractivity contribution is 7.89. The smallest absolute Gasteiger partial charge is 0.240 e. The fraction of sp³-hybridized carbons (Fsp3) is 0.389.